The van der Waals surface area contributed by atoms with Crippen LogP contribution in [0.5, 0.6) is 11.5 Å². The standard InChI is InChI=1S/C19H22N4O4S/c1-11-15(12(2)23-18(20-11)21-19(22-23)28-5)9-17(24)27-10-13-8-14(25-3)6-7-16(13)26-4/h6-8H,9-10H2,1-5H3. The topological polar surface area (TPSA) is 87.8 Å². The summed E-state index contributed by atoms with van der Waals surface area (Å²) in [7, 11) is 3.15. The van der Waals surface area contributed by atoms with Crippen molar-refractivity contribution in [3.05, 3.63) is 40.7 Å². The van der Waals surface area contributed by atoms with E-state index in [4.69, 9.17) is 14.2 Å². The maximum absolute atomic E-state index is 12.5. The number of hydrogen-bond acceptors (Lipinski definition) is 8. The highest BCUT2D eigenvalue weighted by Gasteiger charge is 2.17. The van der Waals surface area contributed by atoms with Gasteiger partial charge in [-0.25, -0.2) is 9.50 Å². The number of nitrogens with zero attached hydrogens (tertiary/aromatic N) is 4. The highest BCUT2D eigenvalue weighted by Crippen LogP contribution is 2.25. The van der Waals surface area contributed by atoms with E-state index in [2.05, 4.69) is 15.1 Å². The summed E-state index contributed by atoms with van der Waals surface area (Å²) in [4.78, 5) is 21.3. The van der Waals surface area contributed by atoms with Crippen LogP contribution < -0.4 is 9.47 Å². The lowest BCUT2D eigenvalue weighted by Crippen LogP contribution is -2.13. The van der Waals surface area contributed by atoms with E-state index in [1.165, 1.54) is 11.8 Å². The van der Waals surface area contributed by atoms with E-state index in [0.29, 0.717) is 22.4 Å². The van der Waals surface area contributed by atoms with Crippen molar-refractivity contribution in [1.82, 2.24) is 19.6 Å². The number of aromatic nitrogens is 4. The summed E-state index contributed by atoms with van der Waals surface area (Å²) in [5.74, 6) is 1.47. The van der Waals surface area contributed by atoms with Crippen molar-refractivity contribution in [2.75, 3.05) is 20.5 Å². The lowest BCUT2D eigenvalue weighted by molar-refractivity contribution is -0.144. The zero-order valence-corrected chi connectivity index (χ0v) is 17.3. The van der Waals surface area contributed by atoms with Gasteiger partial charge < -0.3 is 14.2 Å². The van der Waals surface area contributed by atoms with Gasteiger partial charge in [0.25, 0.3) is 5.78 Å². The number of esters is 1. The van der Waals surface area contributed by atoms with E-state index in [0.717, 1.165) is 22.5 Å². The van der Waals surface area contributed by atoms with Crippen LogP contribution in [-0.4, -0.2) is 46.0 Å². The molecule has 0 fully saturated rings. The third-order valence-corrected chi connectivity index (χ3v) is 4.95. The first-order valence-electron chi connectivity index (χ1n) is 8.60. The number of fused-ring (bicyclic) bond motifs is 1. The predicted octanol–water partition coefficient (Wildman–Crippen LogP) is 2.77. The fraction of sp³-hybridized carbons (Fsp3) is 0.368. The van der Waals surface area contributed by atoms with Gasteiger partial charge in [0.2, 0.25) is 5.16 Å². The second kappa shape index (κ2) is 8.47. The van der Waals surface area contributed by atoms with Crippen LogP contribution in [0.15, 0.2) is 23.4 Å². The normalized spacial score (nSPS) is 10.9. The summed E-state index contributed by atoms with van der Waals surface area (Å²) in [6.45, 7) is 3.84. The number of carbonyl (C=O) groups excluding carboxylic acids is 1. The van der Waals surface area contributed by atoms with E-state index in [1.54, 1.807) is 36.9 Å². The zero-order chi connectivity index (χ0) is 20.3. The number of hydrogen-bond donors (Lipinski definition) is 0. The van der Waals surface area contributed by atoms with Gasteiger partial charge in [0, 0.05) is 22.5 Å². The van der Waals surface area contributed by atoms with Crippen molar-refractivity contribution in [3.8, 4) is 11.5 Å². The number of ether oxygens (including phenoxy) is 3. The molecule has 0 saturated heterocycles. The first-order valence-corrected chi connectivity index (χ1v) is 9.82. The van der Waals surface area contributed by atoms with Crippen molar-refractivity contribution in [2.24, 2.45) is 0 Å². The number of benzene rings is 1. The second-order valence-electron chi connectivity index (χ2n) is 6.09. The molecule has 8 nitrogen and oxygen atoms in total. The van der Waals surface area contributed by atoms with Gasteiger partial charge in [0.05, 0.1) is 20.6 Å². The van der Waals surface area contributed by atoms with Gasteiger partial charge in [-0.15, -0.1) is 5.10 Å². The maximum atomic E-state index is 12.5. The molecule has 3 aromatic rings. The summed E-state index contributed by atoms with van der Waals surface area (Å²) < 4.78 is 17.7. The minimum Gasteiger partial charge on any atom is -0.497 e. The molecule has 148 valence electrons. The molecule has 0 bridgehead atoms. The van der Waals surface area contributed by atoms with Gasteiger partial charge in [-0.05, 0) is 38.3 Å². The second-order valence-corrected chi connectivity index (χ2v) is 6.86. The quantitative estimate of drug-likeness (QED) is 0.440. The molecule has 0 radical (unpaired) electrons. The minimum absolute atomic E-state index is 0.0902. The monoisotopic (exact) mass is 402 g/mol. The Kier molecular flexibility index (Phi) is 6.03. The lowest BCUT2D eigenvalue weighted by Gasteiger charge is -2.12. The van der Waals surface area contributed by atoms with Crippen molar-refractivity contribution >= 4 is 23.5 Å². The van der Waals surface area contributed by atoms with Crippen LogP contribution in [0.2, 0.25) is 0 Å². The molecule has 9 heteroatoms. The molecule has 0 unspecified atom stereocenters. The van der Waals surface area contributed by atoms with Crippen LogP contribution in [0.3, 0.4) is 0 Å². The van der Waals surface area contributed by atoms with Crippen LogP contribution in [0.25, 0.3) is 5.78 Å². The molecule has 1 aromatic carbocycles. The molecule has 0 saturated carbocycles. The number of rotatable bonds is 7. The van der Waals surface area contributed by atoms with Crippen molar-refractivity contribution in [1.29, 1.82) is 0 Å². The van der Waals surface area contributed by atoms with Gasteiger partial charge in [-0.2, -0.15) is 4.98 Å². The van der Waals surface area contributed by atoms with Gasteiger partial charge in [0.1, 0.15) is 18.1 Å². The molecule has 0 aliphatic carbocycles. The molecule has 0 N–H and O–H groups in total. The van der Waals surface area contributed by atoms with Crippen molar-refractivity contribution < 1.29 is 19.0 Å². The van der Waals surface area contributed by atoms with Crippen LogP contribution in [0.1, 0.15) is 22.5 Å². The fourth-order valence-electron chi connectivity index (χ4n) is 2.88. The Balaban J connectivity index is 1.77. The van der Waals surface area contributed by atoms with Gasteiger partial charge in [0.15, 0.2) is 0 Å². The molecule has 3 rings (SSSR count). The molecule has 2 heterocycles. The molecule has 28 heavy (non-hydrogen) atoms. The molecular formula is C19H22N4O4S. The largest absolute Gasteiger partial charge is 0.497 e. The Labute approximate surface area is 167 Å². The highest BCUT2D eigenvalue weighted by atomic mass is 32.2. The molecule has 0 atom stereocenters. The average molecular weight is 402 g/mol. The minimum atomic E-state index is -0.359. The summed E-state index contributed by atoms with van der Waals surface area (Å²) in [5, 5.41) is 5.04. The Morgan fingerprint density at radius 1 is 1.18 bits per heavy atom. The van der Waals surface area contributed by atoms with Crippen LogP contribution in [0.4, 0.5) is 0 Å². The Bertz CT molecular complexity index is 1020. The zero-order valence-electron chi connectivity index (χ0n) is 16.5. The summed E-state index contributed by atoms with van der Waals surface area (Å²) in [6.07, 6.45) is 2.00. The van der Waals surface area contributed by atoms with E-state index >= 15 is 0 Å². The Morgan fingerprint density at radius 2 is 1.96 bits per heavy atom. The van der Waals surface area contributed by atoms with Gasteiger partial charge in [-0.3, -0.25) is 4.79 Å². The molecule has 0 spiro atoms. The highest BCUT2D eigenvalue weighted by molar-refractivity contribution is 7.98. The molecule has 0 aliphatic heterocycles. The van der Waals surface area contributed by atoms with Gasteiger partial charge >= 0.3 is 5.97 Å². The summed E-state index contributed by atoms with van der Waals surface area (Å²) in [6, 6.07) is 5.36. The molecule has 0 aliphatic rings. The van der Waals surface area contributed by atoms with Crippen LogP contribution >= 0.6 is 11.8 Å². The van der Waals surface area contributed by atoms with Gasteiger partial charge in [-0.1, -0.05) is 11.8 Å². The first-order chi connectivity index (χ1) is 13.5. The van der Waals surface area contributed by atoms with Crippen LogP contribution in [-0.2, 0) is 22.6 Å². The average Bonchev–Trinajstić information content (AvgIpc) is 3.12. The van der Waals surface area contributed by atoms with E-state index < -0.39 is 0 Å². The van der Waals surface area contributed by atoms with Crippen molar-refractivity contribution in [2.45, 2.75) is 32.0 Å². The first kappa shape index (κ1) is 19.9. The Morgan fingerprint density at radius 3 is 2.64 bits per heavy atom. The fourth-order valence-corrected chi connectivity index (χ4v) is 3.22. The van der Waals surface area contributed by atoms with E-state index in [-0.39, 0.29) is 19.0 Å². The van der Waals surface area contributed by atoms with E-state index in [9.17, 15) is 4.79 Å². The van der Waals surface area contributed by atoms with E-state index in [1.807, 2.05) is 20.1 Å². The maximum Gasteiger partial charge on any atom is 0.310 e. The molecule has 0 amide bonds. The lowest BCUT2D eigenvalue weighted by atomic mass is 10.1. The summed E-state index contributed by atoms with van der Waals surface area (Å²) >= 11 is 1.44. The number of methoxy groups -OCH3 is 2. The number of thioether (sulfide) groups is 1. The third kappa shape index (κ3) is 4.04. The number of aryl methyl sites for hydroxylation is 2. The molecular weight excluding hydrogens is 380 g/mol. The summed E-state index contributed by atoms with van der Waals surface area (Å²) in [5.41, 5.74) is 3.08. The Hall–Kier alpha value is -2.81. The smallest absolute Gasteiger partial charge is 0.310 e. The van der Waals surface area contributed by atoms with Crippen molar-refractivity contribution in [3.63, 3.8) is 0 Å². The number of carbonyl (C=O) groups is 1. The SMILES string of the molecule is COc1ccc(OC)c(COC(=O)Cc2c(C)nc3nc(SC)nn3c2C)c1. The third-order valence-electron chi connectivity index (χ3n) is 4.41. The predicted molar refractivity (Wildman–Crippen MR) is 105 cm³/mol. The van der Waals surface area contributed by atoms with Crippen LogP contribution in [0, 0.1) is 13.8 Å². The molecule has 2 aromatic heterocycles.